The van der Waals surface area contributed by atoms with Crippen LogP contribution in [0.25, 0.3) is 0 Å². The largest absolute Gasteiger partial charge is 0.481 e. The number of aliphatic hydroxyl groups is 3. The zero-order valence-electron chi connectivity index (χ0n) is 27.9. The SMILES string of the molecule is CC(C)[C@H](NC(=O)[C@@H](N)CO)C(=O)N[C@@H](CCC(=O)O)C(=O)N[C@@H](C)C(=O)N[C@H](C(=O)N[C@@H](CO)C(=O)N[C@@H](CCC(=O)O)C(=O)O)[C@@H](C)O. The molecule has 0 rings (SSSR count). The number of aliphatic carboxylic acids is 3. The second-order valence-corrected chi connectivity index (χ2v) is 11.5. The molecule has 50 heavy (non-hydrogen) atoms. The molecule has 0 fully saturated rings. The molecule has 0 saturated carbocycles. The summed E-state index contributed by atoms with van der Waals surface area (Å²) in [7, 11) is 0. The highest BCUT2D eigenvalue weighted by Crippen LogP contribution is 2.07. The van der Waals surface area contributed by atoms with E-state index >= 15 is 0 Å². The summed E-state index contributed by atoms with van der Waals surface area (Å²) < 4.78 is 0. The molecule has 22 nitrogen and oxygen atoms in total. The second-order valence-electron chi connectivity index (χ2n) is 11.5. The number of rotatable bonds is 23. The van der Waals surface area contributed by atoms with Crippen LogP contribution in [0, 0.1) is 5.92 Å². The van der Waals surface area contributed by atoms with Crippen molar-refractivity contribution in [2.24, 2.45) is 11.7 Å². The lowest BCUT2D eigenvalue weighted by Gasteiger charge is -2.27. The van der Waals surface area contributed by atoms with Crippen LogP contribution in [0.2, 0.25) is 0 Å². The third-order valence-electron chi connectivity index (χ3n) is 6.95. The number of carbonyl (C=O) groups is 9. The minimum absolute atomic E-state index is 0.460. The molecule has 0 aromatic carbocycles. The van der Waals surface area contributed by atoms with Gasteiger partial charge in [-0.3, -0.25) is 38.4 Å². The fourth-order valence-electron chi connectivity index (χ4n) is 3.99. The van der Waals surface area contributed by atoms with Gasteiger partial charge in [-0.1, -0.05) is 13.8 Å². The predicted molar refractivity (Wildman–Crippen MR) is 167 cm³/mol. The highest BCUT2D eigenvalue weighted by Gasteiger charge is 2.34. The Bertz CT molecular complexity index is 1250. The number of hydrogen-bond donors (Lipinski definition) is 13. The van der Waals surface area contributed by atoms with Crippen molar-refractivity contribution >= 4 is 53.4 Å². The van der Waals surface area contributed by atoms with Gasteiger partial charge in [0.1, 0.15) is 42.3 Å². The van der Waals surface area contributed by atoms with E-state index in [9.17, 15) is 58.5 Å². The summed E-state index contributed by atoms with van der Waals surface area (Å²) in [4.78, 5) is 110. The maximum absolute atomic E-state index is 13.1. The molecule has 0 aliphatic carbocycles. The molecule has 8 atom stereocenters. The monoisotopic (exact) mass is 721 g/mol. The smallest absolute Gasteiger partial charge is 0.326 e. The van der Waals surface area contributed by atoms with E-state index in [2.05, 4.69) is 21.3 Å². The number of nitrogens with two attached hydrogens (primary N) is 1. The first-order chi connectivity index (χ1) is 23.2. The van der Waals surface area contributed by atoms with Gasteiger partial charge in [-0.15, -0.1) is 0 Å². The quantitative estimate of drug-likeness (QED) is 0.0467. The number of carbonyl (C=O) groups excluding carboxylic acids is 6. The summed E-state index contributed by atoms with van der Waals surface area (Å²) >= 11 is 0. The van der Waals surface area contributed by atoms with Gasteiger partial charge >= 0.3 is 17.9 Å². The van der Waals surface area contributed by atoms with Crippen LogP contribution in [-0.4, -0.2) is 146 Å². The van der Waals surface area contributed by atoms with Crippen LogP contribution in [-0.2, 0) is 43.2 Å². The van der Waals surface area contributed by atoms with Crippen molar-refractivity contribution < 1.29 is 73.8 Å². The lowest BCUT2D eigenvalue weighted by molar-refractivity contribution is -0.144. The van der Waals surface area contributed by atoms with Gasteiger partial charge in [-0.05, 0) is 32.6 Å². The number of carboxylic acids is 3. The van der Waals surface area contributed by atoms with Gasteiger partial charge in [0, 0.05) is 12.8 Å². The highest BCUT2D eigenvalue weighted by molar-refractivity contribution is 5.97. The van der Waals surface area contributed by atoms with E-state index in [-0.39, 0.29) is 0 Å². The maximum Gasteiger partial charge on any atom is 0.326 e. The molecule has 284 valence electrons. The summed E-state index contributed by atoms with van der Waals surface area (Å²) in [5.74, 6) is -11.2. The van der Waals surface area contributed by atoms with Crippen molar-refractivity contribution in [2.75, 3.05) is 13.2 Å². The molecule has 0 radical (unpaired) electrons. The van der Waals surface area contributed by atoms with Crippen molar-refractivity contribution in [1.82, 2.24) is 31.9 Å². The molecular weight excluding hydrogens is 674 g/mol. The normalized spacial score (nSPS) is 15.8. The van der Waals surface area contributed by atoms with Crippen molar-refractivity contribution in [1.29, 1.82) is 0 Å². The van der Waals surface area contributed by atoms with Crippen LogP contribution in [0.15, 0.2) is 0 Å². The molecular formula is C28H47N7O15. The Morgan fingerprint density at radius 3 is 1.42 bits per heavy atom. The van der Waals surface area contributed by atoms with Crippen LogP contribution in [0.5, 0.6) is 0 Å². The van der Waals surface area contributed by atoms with Crippen LogP contribution in [0.1, 0.15) is 53.4 Å². The summed E-state index contributed by atoms with van der Waals surface area (Å²) in [6.45, 7) is 3.51. The second kappa shape index (κ2) is 21.9. The molecule has 0 aliphatic rings. The fourth-order valence-corrected chi connectivity index (χ4v) is 3.99. The van der Waals surface area contributed by atoms with Crippen molar-refractivity contribution in [3.05, 3.63) is 0 Å². The van der Waals surface area contributed by atoms with Crippen LogP contribution >= 0.6 is 0 Å². The van der Waals surface area contributed by atoms with Crippen molar-refractivity contribution in [3.8, 4) is 0 Å². The predicted octanol–water partition coefficient (Wildman–Crippen LogP) is -5.92. The molecule has 0 aromatic heterocycles. The van der Waals surface area contributed by atoms with Gasteiger partial charge in [-0.2, -0.15) is 0 Å². The third kappa shape index (κ3) is 16.0. The third-order valence-corrected chi connectivity index (χ3v) is 6.95. The standard InChI is InChI=1S/C28H47N7O15/c1-11(2)20(34-23(44)14(29)9-36)26(47)31-15(5-7-18(39)40)24(45)30-12(3)22(43)35-21(13(4)38)27(48)33-17(10-37)25(46)32-16(28(49)50)6-8-19(41)42/h11-17,20-21,36-38H,5-10,29H2,1-4H3,(H,30,45)(H,31,47)(H,32,46)(H,33,48)(H,34,44)(H,35,43)(H,39,40)(H,41,42)(H,49,50)/t12-,13+,14-,15-,16-,17-,20-,21-/m0/s1. The Labute approximate surface area is 285 Å². The molecule has 14 N–H and O–H groups in total. The van der Waals surface area contributed by atoms with Gasteiger partial charge < -0.3 is 68.3 Å². The van der Waals surface area contributed by atoms with Gasteiger partial charge in [0.2, 0.25) is 35.4 Å². The van der Waals surface area contributed by atoms with Crippen molar-refractivity contribution in [3.63, 3.8) is 0 Å². The number of nitrogens with one attached hydrogen (secondary N) is 6. The van der Waals surface area contributed by atoms with E-state index < -0.39 is 147 Å². The minimum Gasteiger partial charge on any atom is -0.481 e. The Balaban J connectivity index is 5.73. The Morgan fingerprint density at radius 2 is 0.980 bits per heavy atom. The molecule has 0 aromatic rings. The first kappa shape index (κ1) is 45.1. The molecule has 0 bridgehead atoms. The molecule has 0 spiro atoms. The molecule has 0 unspecified atom stereocenters. The Hall–Kier alpha value is -4.93. The topological polar surface area (TPSA) is 373 Å². The zero-order valence-corrected chi connectivity index (χ0v) is 27.9. The first-order valence-corrected chi connectivity index (χ1v) is 15.3. The van der Waals surface area contributed by atoms with Crippen LogP contribution in [0.3, 0.4) is 0 Å². The fraction of sp³-hybridized carbons (Fsp3) is 0.679. The lowest BCUT2D eigenvalue weighted by Crippen LogP contribution is -2.61. The number of hydrogen-bond acceptors (Lipinski definition) is 13. The van der Waals surface area contributed by atoms with E-state index in [1.54, 1.807) is 13.8 Å². The van der Waals surface area contributed by atoms with E-state index in [4.69, 9.17) is 21.1 Å². The van der Waals surface area contributed by atoms with Crippen LogP contribution in [0.4, 0.5) is 0 Å². The minimum atomic E-state index is -1.81. The molecule has 0 saturated heterocycles. The summed E-state index contributed by atoms with van der Waals surface area (Å²) in [6, 6.07) is -11.0. The summed E-state index contributed by atoms with van der Waals surface area (Å²) in [5, 5.41) is 69.0. The van der Waals surface area contributed by atoms with Gasteiger partial charge in [0.05, 0.1) is 19.3 Å². The zero-order chi connectivity index (χ0) is 38.9. The van der Waals surface area contributed by atoms with Crippen LogP contribution < -0.4 is 37.6 Å². The summed E-state index contributed by atoms with van der Waals surface area (Å²) in [5.41, 5.74) is 5.47. The van der Waals surface area contributed by atoms with E-state index in [1.165, 1.54) is 0 Å². The Kier molecular flexibility index (Phi) is 19.8. The molecule has 6 amide bonds. The molecule has 0 heterocycles. The average Bonchev–Trinajstić information content (AvgIpc) is 3.02. The van der Waals surface area contributed by atoms with Gasteiger partial charge in [0.15, 0.2) is 0 Å². The summed E-state index contributed by atoms with van der Waals surface area (Å²) in [6.07, 6.45) is -3.85. The van der Waals surface area contributed by atoms with Gasteiger partial charge in [0.25, 0.3) is 0 Å². The molecule has 22 heteroatoms. The molecule has 0 aliphatic heterocycles. The Morgan fingerprint density at radius 1 is 0.540 bits per heavy atom. The van der Waals surface area contributed by atoms with E-state index in [0.29, 0.717) is 0 Å². The lowest BCUT2D eigenvalue weighted by atomic mass is 10.0. The number of carboxylic acid groups (broad SMARTS) is 3. The average molecular weight is 722 g/mol. The number of amides is 6. The van der Waals surface area contributed by atoms with Gasteiger partial charge in [-0.25, -0.2) is 4.79 Å². The first-order valence-electron chi connectivity index (χ1n) is 15.3. The number of aliphatic hydroxyl groups excluding tert-OH is 3. The maximum atomic E-state index is 13.1. The van der Waals surface area contributed by atoms with E-state index in [0.717, 1.165) is 13.8 Å². The van der Waals surface area contributed by atoms with E-state index in [1.807, 2.05) is 10.6 Å². The van der Waals surface area contributed by atoms with Crippen molar-refractivity contribution in [2.45, 2.75) is 102 Å². The highest BCUT2D eigenvalue weighted by atomic mass is 16.4.